The average Bonchev–Trinajstić information content (AvgIpc) is 2.46. The van der Waals surface area contributed by atoms with Crippen LogP contribution in [0.4, 0.5) is 0 Å². The molecule has 2 rings (SSSR count). The second-order valence-electron chi connectivity index (χ2n) is 5.55. The molecule has 0 radical (unpaired) electrons. The fourth-order valence-electron chi connectivity index (χ4n) is 2.55. The minimum absolute atomic E-state index is 0.0398. The molecule has 0 bridgehead atoms. The Bertz CT molecular complexity index is 623. The lowest BCUT2D eigenvalue weighted by atomic mass is 9.93. The summed E-state index contributed by atoms with van der Waals surface area (Å²) in [5.41, 5.74) is 6.04. The zero-order chi connectivity index (χ0) is 15.4. The number of aromatic nitrogens is 1. The van der Waals surface area contributed by atoms with E-state index in [1.165, 1.54) is 22.3 Å². The molecule has 1 aromatic heterocycles. The molecule has 21 heavy (non-hydrogen) atoms. The van der Waals surface area contributed by atoms with Gasteiger partial charge in [-0.1, -0.05) is 30.7 Å². The number of halogens is 1. The molecule has 0 amide bonds. The predicted molar refractivity (Wildman–Crippen MR) is 90.0 cm³/mol. The monoisotopic (exact) mass is 302 g/mol. The molecule has 3 heteroatoms. The third-order valence-electron chi connectivity index (χ3n) is 3.85. The molecule has 0 saturated carbocycles. The van der Waals surface area contributed by atoms with E-state index in [-0.39, 0.29) is 6.04 Å². The van der Waals surface area contributed by atoms with Crippen molar-refractivity contribution < 1.29 is 0 Å². The highest BCUT2D eigenvalue weighted by Crippen LogP contribution is 2.30. The summed E-state index contributed by atoms with van der Waals surface area (Å²) in [5.74, 6) is 0. The van der Waals surface area contributed by atoms with E-state index in [2.05, 4.69) is 50.1 Å². The number of benzene rings is 1. The van der Waals surface area contributed by atoms with Crippen LogP contribution in [0.5, 0.6) is 0 Å². The van der Waals surface area contributed by atoms with Crippen LogP contribution in [0, 0.1) is 20.8 Å². The van der Waals surface area contributed by atoms with E-state index in [0.717, 1.165) is 18.7 Å². The molecule has 0 spiro atoms. The van der Waals surface area contributed by atoms with E-state index >= 15 is 0 Å². The number of nitrogens with zero attached hydrogens (tertiary/aromatic N) is 1. The first-order valence-corrected chi connectivity index (χ1v) is 7.84. The molecule has 0 aliphatic rings. The second kappa shape index (κ2) is 7.06. The summed E-state index contributed by atoms with van der Waals surface area (Å²) in [7, 11) is 0. The molecule has 0 fully saturated rings. The van der Waals surface area contributed by atoms with Gasteiger partial charge in [-0.05, 0) is 68.1 Å². The lowest BCUT2D eigenvalue weighted by Crippen LogP contribution is -2.25. The van der Waals surface area contributed by atoms with Crippen molar-refractivity contribution in [1.29, 1.82) is 0 Å². The molecular weight excluding hydrogens is 280 g/mol. The van der Waals surface area contributed by atoms with Crippen LogP contribution in [0.3, 0.4) is 0 Å². The Labute approximate surface area is 132 Å². The largest absolute Gasteiger partial charge is 0.305 e. The Morgan fingerprint density at radius 1 is 1.14 bits per heavy atom. The topological polar surface area (TPSA) is 24.9 Å². The number of pyridine rings is 1. The molecule has 1 heterocycles. The van der Waals surface area contributed by atoms with Crippen molar-refractivity contribution in [2.45, 2.75) is 40.2 Å². The van der Waals surface area contributed by atoms with Crippen molar-refractivity contribution >= 4 is 11.6 Å². The quantitative estimate of drug-likeness (QED) is 0.862. The fourth-order valence-corrected chi connectivity index (χ4v) is 2.78. The first-order chi connectivity index (χ1) is 10.0. The van der Waals surface area contributed by atoms with Gasteiger partial charge in [0, 0.05) is 6.20 Å². The summed E-state index contributed by atoms with van der Waals surface area (Å²) in [6, 6.07) is 8.31. The van der Waals surface area contributed by atoms with Crippen LogP contribution in [0.2, 0.25) is 5.02 Å². The number of rotatable bonds is 5. The smallest absolute Gasteiger partial charge is 0.0804 e. The van der Waals surface area contributed by atoms with Gasteiger partial charge in [-0.3, -0.25) is 4.98 Å². The summed E-state index contributed by atoms with van der Waals surface area (Å²) in [6.07, 6.45) is 2.88. The van der Waals surface area contributed by atoms with Crippen LogP contribution < -0.4 is 5.32 Å². The van der Waals surface area contributed by atoms with Crippen molar-refractivity contribution in [2.24, 2.45) is 0 Å². The molecule has 0 aliphatic carbocycles. The van der Waals surface area contributed by atoms with Crippen LogP contribution in [0.25, 0.3) is 0 Å². The maximum atomic E-state index is 6.37. The van der Waals surface area contributed by atoms with E-state index < -0.39 is 0 Å². The standard InChI is InChI=1S/C18H23ClN2/c1-5-8-20-17(18-16(19)7-6-9-21-18)15-11-13(3)12(2)10-14(15)4/h6-7,9-11,17,20H,5,8H2,1-4H3. The molecule has 0 saturated heterocycles. The van der Waals surface area contributed by atoms with Gasteiger partial charge >= 0.3 is 0 Å². The van der Waals surface area contributed by atoms with Crippen molar-refractivity contribution in [3.63, 3.8) is 0 Å². The Hall–Kier alpha value is -1.38. The van der Waals surface area contributed by atoms with Gasteiger partial charge in [-0.15, -0.1) is 0 Å². The third kappa shape index (κ3) is 3.63. The maximum Gasteiger partial charge on any atom is 0.0804 e. The van der Waals surface area contributed by atoms with Crippen LogP contribution >= 0.6 is 11.6 Å². The van der Waals surface area contributed by atoms with E-state index in [0.29, 0.717) is 5.02 Å². The summed E-state index contributed by atoms with van der Waals surface area (Å²) >= 11 is 6.37. The molecule has 0 aliphatic heterocycles. The van der Waals surface area contributed by atoms with Gasteiger partial charge in [0.05, 0.1) is 16.8 Å². The molecule has 1 unspecified atom stereocenters. The number of hydrogen-bond acceptors (Lipinski definition) is 2. The minimum atomic E-state index is 0.0398. The van der Waals surface area contributed by atoms with Crippen LogP contribution in [-0.2, 0) is 0 Å². The molecule has 1 N–H and O–H groups in total. The van der Waals surface area contributed by atoms with Crippen molar-refractivity contribution in [3.8, 4) is 0 Å². The molecule has 1 atom stereocenters. The van der Waals surface area contributed by atoms with Gasteiger partial charge in [0.2, 0.25) is 0 Å². The normalized spacial score (nSPS) is 12.4. The first-order valence-electron chi connectivity index (χ1n) is 7.46. The first kappa shape index (κ1) is 16.0. The Morgan fingerprint density at radius 2 is 1.86 bits per heavy atom. The zero-order valence-corrected chi connectivity index (χ0v) is 14.0. The van der Waals surface area contributed by atoms with Crippen molar-refractivity contribution in [3.05, 3.63) is 63.4 Å². The number of aryl methyl sites for hydroxylation is 3. The van der Waals surface area contributed by atoms with Crippen LogP contribution in [0.1, 0.15) is 47.3 Å². The second-order valence-corrected chi connectivity index (χ2v) is 5.96. The van der Waals surface area contributed by atoms with Gasteiger partial charge in [0.25, 0.3) is 0 Å². The van der Waals surface area contributed by atoms with E-state index in [9.17, 15) is 0 Å². The fraction of sp³-hybridized carbons (Fsp3) is 0.389. The van der Waals surface area contributed by atoms with Gasteiger partial charge in [-0.25, -0.2) is 0 Å². The van der Waals surface area contributed by atoms with Crippen molar-refractivity contribution in [2.75, 3.05) is 6.54 Å². The highest BCUT2D eigenvalue weighted by atomic mass is 35.5. The molecule has 112 valence electrons. The lowest BCUT2D eigenvalue weighted by molar-refractivity contribution is 0.584. The van der Waals surface area contributed by atoms with Gasteiger partial charge < -0.3 is 5.32 Å². The predicted octanol–water partition coefficient (Wildman–Crippen LogP) is 4.75. The van der Waals surface area contributed by atoms with Crippen LogP contribution in [0.15, 0.2) is 30.5 Å². The Balaban J connectivity index is 2.51. The number of nitrogens with one attached hydrogen (secondary N) is 1. The Kier molecular flexibility index (Phi) is 5.38. The third-order valence-corrected chi connectivity index (χ3v) is 4.17. The van der Waals surface area contributed by atoms with E-state index in [1.54, 1.807) is 6.20 Å². The van der Waals surface area contributed by atoms with Gasteiger partial charge in [0.1, 0.15) is 0 Å². The Morgan fingerprint density at radius 3 is 2.52 bits per heavy atom. The minimum Gasteiger partial charge on any atom is -0.305 e. The average molecular weight is 303 g/mol. The SMILES string of the molecule is CCCNC(c1cc(C)c(C)cc1C)c1ncccc1Cl. The zero-order valence-electron chi connectivity index (χ0n) is 13.2. The maximum absolute atomic E-state index is 6.37. The summed E-state index contributed by atoms with van der Waals surface area (Å²) in [4.78, 5) is 4.51. The van der Waals surface area contributed by atoms with E-state index in [4.69, 9.17) is 11.6 Å². The summed E-state index contributed by atoms with van der Waals surface area (Å²) in [6.45, 7) is 9.55. The van der Waals surface area contributed by atoms with Crippen molar-refractivity contribution in [1.82, 2.24) is 10.3 Å². The lowest BCUT2D eigenvalue weighted by Gasteiger charge is -2.22. The number of hydrogen-bond donors (Lipinski definition) is 1. The molecular formula is C18H23ClN2. The summed E-state index contributed by atoms with van der Waals surface area (Å²) < 4.78 is 0. The summed E-state index contributed by atoms with van der Waals surface area (Å²) in [5, 5.41) is 4.30. The molecule has 2 nitrogen and oxygen atoms in total. The molecule has 2 aromatic rings. The van der Waals surface area contributed by atoms with Gasteiger partial charge in [-0.2, -0.15) is 0 Å². The highest BCUT2D eigenvalue weighted by Gasteiger charge is 2.20. The van der Waals surface area contributed by atoms with Gasteiger partial charge in [0.15, 0.2) is 0 Å². The molecule has 1 aromatic carbocycles. The van der Waals surface area contributed by atoms with E-state index in [1.807, 2.05) is 12.1 Å². The highest BCUT2D eigenvalue weighted by molar-refractivity contribution is 6.31. The van der Waals surface area contributed by atoms with Crippen LogP contribution in [-0.4, -0.2) is 11.5 Å².